The summed E-state index contributed by atoms with van der Waals surface area (Å²) in [5.74, 6) is -0.531. The van der Waals surface area contributed by atoms with Crippen LogP contribution in [0.3, 0.4) is 0 Å². The Morgan fingerprint density at radius 1 is 1.06 bits per heavy atom. The summed E-state index contributed by atoms with van der Waals surface area (Å²) in [6.45, 7) is 2.77. The standard InChI is InChI=1S/C24H21F3N6O2/c1-32-4-6-33(7-5-32)18-9-16(8-17(11-18)24(25,26)27)23-29-12-15-3-2-14(10-20(15)30-23)21-19(22(28)34)13-35-31-21/h2-3,8-13H,4-7H2,1H3,(H2,28,34). The Balaban J connectivity index is 1.59. The lowest BCUT2D eigenvalue weighted by atomic mass is 10.0. The highest BCUT2D eigenvalue weighted by molar-refractivity contribution is 5.99. The van der Waals surface area contributed by atoms with E-state index in [1.54, 1.807) is 30.5 Å². The first-order valence-electron chi connectivity index (χ1n) is 10.9. The van der Waals surface area contributed by atoms with Gasteiger partial charge >= 0.3 is 6.18 Å². The first-order valence-corrected chi connectivity index (χ1v) is 10.9. The van der Waals surface area contributed by atoms with E-state index >= 15 is 0 Å². The molecule has 5 rings (SSSR count). The normalized spacial score (nSPS) is 15.0. The third-order valence-corrected chi connectivity index (χ3v) is 6.06. The summed E-state index contributed by atoms with van der Waals surface area (Å²) in [7, 11) is 1.98. The van der Waals surface area contributed by atoms with Gasteiger partial charge in [-0.3, -0.25) is 4.79 Å². The second-order valence-corrected chi connectivity index (χ2v) is 8.46. The molecule has 0 spiro atoms. The molecule has 11 heteroatoms. The molecule has 1 amide bonds. The molecule has 2 aromatic carbocycles. The first kappa shape index (κ1) is 22.8. The molecule has 0 bridgehead atoms. The number of carbonyl (C=O) groups is 1. The fraction of sp³-hybridized carbons (Fsp3) is 0.250. The smallest absolute Gasteiger partial charge is 0.369 e. The molecular weight excluding hydrogens is 461 g/mol. The van der Waals surface area contributed by atoms with Gasteiger partial charge in [-0.05, 0) is 31.3 Å². The lowest BCUT2D eigenvalue weighted by Gasteiger charge is -2.34. The molecule has 0 atom stereocenters. The van der Waals surface area contributed by atoms with Crippen LogP contribution in [0.4, 0.5) is 18.9 Å². The molecule has 3 heterocycles. The van der Waals surface area contributed by atoms with Crippen molar-refractivity contribution in [2.24, 2.45) is 5.73 Å². The molecule has 0 radical (unpaired) electrons. The number of hydrogen-bond acceptors (Lipinski definition) is 7. The molecule has 0 saturated carbocycles. The van der Waals surface area contributed by atoms with Gasteiger partial charge < -0.3 is 20.1 Å². The molecule has 1 saturated heterocycles. The average molecular weight is 482 g/mol. The summed E-state index contributed by atoms with van der Waals surface area (Å²) in [6.07, 6.45) is -1.80. The van der Waals surface area contributed by atoms with Crippen molar-refractivity contribution in [2.45, 2.75) is 6.18 Å². The number of fused-ring (bicyclic) bond motifs is 1. The largest absolute Gasteiger partial charge is 0.416 e. The maximum Gasteiger partial charge on any atom is 0.416 e. The monoisotopic (exact) mass is 482 g/mol. The van der Waals surface area contributed by atoms with Crippen LogP contribution in [-0.2, 0) is 6.18 Å². The van der Waals surface area contributed by atoms with E-state index in [1.165, 1.54) is 6.07 Å². The predicted octanol–water partition coefficient (Wildman–Crippen LogP) is 3.82. The zero-order chi connectivity index (χ0) is 24.7. The van der Waals surface area contributed by atoms with Crippen molar-refractivity contribution in [3.05, 3.63) is 60.0 Å². The van der Waals surface area contributed by atoms with E-state index in [4.69, 9.17) is 10.3 Å². The van der Waals surface area contributed by atoms with E-state index in [0.717, 1.165) is 25.4 Å². The molecule has 35 heavy (non-hydrogen) atoms. The van der Waals surface area contributed by atoms with Crippen molar-refractivity contribution in [1.82, 2.24) is 20.0 Å². The topological polar surface area (TPSA) is 101 Å². The first-order chi connectivity index (χ1) is 16.7. The van der Waals surface area contributed by atoms with Crippen LogP contribution in [0.5, 0.6) is 0 Å². The van der Waals surface area contributed by atoms with Crippen LogP contribution in [0.2, 0.25) is 0 Å². The number of piperazine rings is 1. The number of alkyl halides is 3. The van der Waals surface area contributed by atoms with Gasteiger partial charge in [0.1, 0.15) is 17.5 Å². The summed E-state index contributed by atoms with van der Waals surface area (Å²) >= 11 is 0. The number of aromatic nitrogens is 3. The lowest BCUT2D eigenvalue weighted by molar-refractivity contribution is -0.137. The van der Waals surface area contributed by atoms with E-state index < -0.39 is 17.6 Å². The number of benzene rings is 2. The number of carbonyl (C=O) groups excluding carboxylic acids is 1. The maximum absolute atomic E-state index is 13.7. The number of hydrogen-bond donors (Lipinski definition) is 1. The van der Waals surface area contributed by atoms with Crippen molar-refractivity contribution in [3.63, 3.8) is 0 Å². The number of nitrogens with two attached hydrogens (primary N) is 1. The van der Waals surface area contributed by atoms with Crippen molar-refractivity contribution in [2.75, 3.05) is 38.1 Å². The third kappa shape index (κ3) is 4.54. The van der Waals surface area contributed by atoms with E-state index in [1.807, 2.05) is 11.9 Å². The van der Waals surface area contributed by atoms with Gasteiger partial charge in [0.25, 0.3) is 5.91 Å². The Kier molecular flexibility index (Phi) is 5.64. The number of nitrogens with zero attached hydrogens (tertiary/aromatic N) is 5. The van der Waals surface area contributed by atoms with Crippen molar-refractivity contribution in [1.29, 1.82) is 0 Å². The molecule has 180 valence electrons. The number of primary amides is 1. The van der Waals surface area contributed by atoms with Crippen molar-refractivity contribution >= 4 is 22.5 Å². The third-order valence-electron chi connectivity index (χ3n) is 6.06. The molecule has 2 N–H and O–H groups in total. The number of halogens is 3. The van der Waals surface area contributed by atoms with E-state index in [-0.39, 0.29) is 22.6 Å². The summed E-state index contributed by atoms with van der Waals surface area (Å²) < 4.78 is 46.1. The molecular formula is C24H21F3N6O2. The van der Waals surface area contributed by atoms with Crippen molar-refractivity contribution in [3.8, 4) is 22.6 Å². The molecule has 1 aliphatic rings. The highest BCUT2D eigenvalue weighted by Crippen LogP contribution is 2.36. The minimum atomic E-state index is -4.51. The van der Waals surface area contributed by atoms with Crippen LogP contribution in [0, 0.1) is 0 Å². The predicted molar refractivity (Wildman–Crippen MR) is 124 cm³/mol. The fourth-order valence-corrected chi connectivity index (χ4v) is 4.08. The van der Waals surface area contributed by atoms with Crippen LogP contribution in [0.1, 0.15) is 15.9 Å². The Morgan fingerprint density at radius 3 is 2.54 bits per heavy atom. The molecule has 1 aliphatic heterocycles. The molecule has 4 aromatic rings. The zero-order valence-electron chi connectivity index (χ0n) is 18.7. The van der Waals surface area contributed by atoms with E-state index in [0.29, 0.717) is 35.2 Å². The van der Waals surface area contributed by atoms with E-state index in [9.17, 15) is 18.0 Å². The lowest BCUT2D eigenvalue weighted by Crippen LogP contribution is -2.44. The number of amides is 1. The minimum Gasteiger partial charge on any atom is -0.369 e. The Hall–Kier alpha value is -3.99. The minimum absolute atomic E-state index is 0.119. The Labute approximate surface area is 198 Å². The summed E-state index contributed by atoms with van der Waals surface area (Å²) in [6, 6.07) is 9.03. The SMILES string of the molecule is CN1CCN(c2cc(-c3ncc4ccc(-c5nocc5C(N)=O)cc4n3)cc(C(F)(F)F)c2)CC1. The number of rotatable bonds is 4. The van der Waals surface area contributed by atoms with Gasteiger partial charge in [0.15, 0.2) is 5.82 Å². The van der Waals surface area contributed by atoms with Gasteiger partial charge in [0.2, 0.25) is 0 Å². The second-order valence-electron chi connectivity index (χ2n) is 8.46. The highest BCUT2D eigenvalue weighted by Gasteiger charge is 2.32. The Morgan fingerprint density at radius 2 is 1.83 bits per heavy atom. The van der Waals surface area contributed by atoms with Crippen LogP contribution in [0.25, 0.3) is 33.5 Å². The van der Waals surface area contributed by atoms with Gasteiger partial charge in [-0.25, -0.2) is 9.97 Å². The van der Waals surface area contributed by atoms with Crippen LogP contribution >= 0.6 is 0 Å². The molecule has 1 fully saturated rings. The summed E-state index contributed by atoms with van der Waals surface area (Å²) in [4.78, 5) is 24.6. The summed E-state index contributed by atoms with van der Waals surface area (Å²) in [5.41, 5.74) is 6.76. The molecule has 8 nitrogen and oxygen atoms in total. The van der Waals surface area contributed by atoms with Gasteiger partial charge in [0, 0.05) is 54.6 Å². The highest BCUT2D eigenvalue weighted by atomic mass is 19.4. The fourth-order valence-electron chi connectivity index (χ4n) is 4.08. The van der Waals surface area contributed by atoms with Crippen LogP contribution < -0.4 is 10.6 Å². The molecule has 2 aromatic heterocycles. The van der Waals surface area contributed by atoms with Gasteiger partial charge in [-0.2, -0.15) is 13.2 Å². The van der Waals surface area contributed by atoms with Crippen LogP contribution in [0.15, 0.2) is 53.4 Å². The van der Waals surface area contributed by atoms with Crippen molar-refractivity contribution < 1.29 is 22.5 Å². The van der Waals surface area contributed by atoms with Gasteiger partial charge in [-0.15, -0.1) is 0 Å². The average Bonchev–Trinajstić information content (AvgIpc) is 3.33. The van der Waals surface area contributed by atoms with Gasteiger partial charge in [-0.1, -0.05) is 17.3 Å². The maximum atomic E-state index is 13.7. The van der Waals surface area contributed by atoms with E-state index in [2.05, 4.69) is 20.0 Å². The molecule has 0 aliphatic carbocycles. The molecule has 0 unspecified atom stereocenters. The number of anilines is 1. The summed E-state index contributed by atoms with van der Waals surface area (Å²) in [5, 5.41) is 4.52. The zero-order valence-corrected chi connectivity index (χ0v) is 18.7. The second kappa shape index (κ2) is 8.66. The quantitative estimate of drug-likeness (QED) is 0.472. The van der Waals surface area contributed by atoms with Crippen LogP contribution in [-0.4, -0.2) is 59.2 Å². The number of likely N-dealkylation sites (N-methyl/N-ethyl adjacent to an activating group) is 1. The Bertz CT molecular complexity index is 1410. The van der Waals surface area contributed by atoms with Gasteiger partial charge in [0.05, 0.1) is 11.1 Å².